The minimum absolute atomic E-state index is 0.0958. The van der Waals surface area contributed by atoms with Crippen molar-refractivity contribution in [3.05, 3.63) is 0 Å². The van der Waals surface area contributed by atoms with Crippen molar-refractivity contribution in [3.63, 3.8) is 0 Å². The van der Waals surface area contributed by atoms with Gasteiger partial charge in [-0.05, 0) is 19.3 Å². The summed E-state index contributed by atoms with van der Waals surface area (Å²) >= 11 is 0. The van der Waals surface area contributed by atoms with Gasteiger partial charge in [0.2, 0.25) is 11.9 Å². The Balaban J connectivity index is 1.62. The molecule has 1 aromatic heterocycles. The highest BCUT2D eigenvalue weighted by Gasteiger charge is 2.61. The number of rotatable bonds is 4. The maximum absolute atomic E-state index is 5.95. The van der Waals surface area contributed by atoms with E-state index in [9.17, 15) is 0 Å². The summed E-state index contributed by atoms with van der Waals surface area (Å²) in [5.74, 6) is 2.01. The zero-order valence-electron chi connectivity index (χ0n) is 16.4. The molecule has 0 bridgehead atoms. The van der Waals surface area contributed by atoms with Crippen molar-refractivity contribution in [3.8, 4) is 6.01 Å². The number of methoxy groups -OCH3 is 1. The van der Waals surface area contributed by atoms with Crippen LogP contribution in [0.3, 0.4) is 0 Å². The van der Waals surface area contributed by atoms with Gasteiger partial charge in [-0.3, -0.25) is 0 Å². The third-order valence-corrected chi connectivity index (χ3v) is 6.43. The Morgan fingerprint density at radius 1 is 1.12 bits per heavy atom. The van der Waals surface area contributed by atoms with Gasteiger partial charge in [-0.2, -0.15) is 15.0 Å². The monoisotopic (exact) mass is 361 g/mol. The van der Waals surface area contributed by atoms with E-state index < -0.39 is 0 Å². The number of nitrogens with zero attached hydrogens (tertiary/aromatic N) is 5. The second-order valence-electron chi connectivity index (χ2n) is 8.44. The van der Waals surface area contributed by atoms with Crippen LogP contribution >= 0.6 is 0 Å². The van der Waals surface area contributed by atoms with E-state index >= 15 is 0 Å². The molecule has 7 heteroatoms. The van der Waals surface area contributed by atoms with Gasteiger partial charge in [0, 0.05) is 44.1 Å². The molecule has 7 nitrogen and oxygen atoms in total. The van der Waals surface area contributed by atoms with Crippen LogP contribution in [-0.4, -0.2) is 61.0 Å². The molecule has 2 aliphatic heterocycles. The van der Waals surface area contributed by atoms with E-state index in [-0.39, 0.29) is 5.41 Å². The SMILES string of the molecule is COc1nc(N2CCCCCC2)nc(N(C)C2C3CCOC3C2(C)C)n1. The zero-order valence-corrected chi connectivity index (χ0v) is 16.4. The van der Waals surface area contributed by atoms with Crippen molar-refractivity contribution in [2.24, 2.45) is 11.3 Å². The Morgan fingerprint density at radius 2 is 1.85 bits per heavy atom. The Hall–Kier alpha value is -1.63. The minimum atomic E-state index is 0.0958. The number of hydrogen-bond acceptors (Lipinski definition) is 7. The first-order valence-corrected chi connectivity index (χ1v) is 9.92. The summed E-state index contributed by atoms with van der Waals surface area (Å²) in [6, 6.07) is 0.775. The summed E-state index contributed by atoms with van der Waals surface area (Å²) in [7, 11) is 3.72. The Bertz CT molecular complexity index is 645. The van der Waals surface area contributed by atoms with Crippen molar-refractivity contribution >= 4 is 11.9 Å². The third kappa shape index (κ3) is 2.90. The predicted octanol–water partition coefficient (Wildman–Crippen LogP) is 2.51. The fourth-order valence-corrected chi connectivity index (χ4v) is 5.20. The number of hydrogen-bond donors (Lipinski definition) is 0. The van der Waals surface area contributed by atoms with Crippen LogP contribution in [-0.2, 0) is 4.74 Å². The lowest BCUT2D eigenvalue weighted by Gasteiger charge is -2.57. The summed E-state index contributed by atoms with van der Waals surface area (Å²) < 4.78 is 11.3. The lowest BCUT2D eigenvalue weighted by atomic mass is 9.57. The lowest BCUT2D eigenvalue weighted by molar-refractivity contribution is -0.101. The maximum atomic E-state index is 5.95. The molecule has 26 heavy (non-hydrogen) atoms. The fourth-order valence-electron chi connectivity index (χ4n) is 5.20. The molecule has 3 atom stereocenters. The quantitative estimate of drug-likeness (QED) is 0.816. The predicted molar refractivity (Wildman–Crippen MR) is 101 cm³/mol. The highest BCUT2D eigenvalue weighted by molar-refractivity contribution is 5.43. The molecule has 2 saturated heterocycles. The average molecular weight is 361 g/mol. The topological polar surface area (TPSA) is 63.6 Å². The molecule has 0 aromatic carbocycles. The first-order chi connectivity index (χ1) is 12.5. The van der Waals surface area contributed by atoms with Crippen LogP contribution in [0, 0.1) is 11.3 Å². The molecular weight excluding hydrogens is 330 g/mol. The molecule has 1 aliphatic carbocycles. The average Bonchev–Trinajstić information content (AvgIpc) is 2.90. The summed E-state index contributed by atoms with van der Waals surface area (Å²) in [5, 5.41) is 0. The zero-order chi connectivity index (χ0) is 18.3. The van der Waals surface area contributed by atoms with Gasteiger partial charge in [0.05, 0.1) is 13.2 Å². The normalized spacial score (nSPS) is 30.3. The second-order valence-corrected chi connectivity index (χ2v) is 8.44. The second kappa shape index (κ2) is 6.83. The fraction of sp³-hybridized carbons (Fsp3) is 0.842. The molecule has 3 unspecified atom stereocenters. The van der Waals surface area contributed by atoms with Crippen molar-refractivity contribution in [2.45, 2.75) is 58.1 Å². The molecule has 3 aliphatic rings. The van der Waals surface area contributed by atoms with Gasteiger partial charge < -0.3 is 19.3 Å². The van der Waals surface area contributed by atoms with E-state index in [1.165, 1.54) is 25.7 Å². The van der Waals surface area contributed by atoms with Crippen LogP contribution in [0.4, 0.5) is 11.9 Å². The van der Waals surface area contributed by atoms with Gasteiger partial charge >= 0.3 is 6.01 Å². The smallest absolute Gasteiger partial charge is 0.322 e. The summed E-state index contributed by atoms with van der Waals surface area (Å²) in [4.78, 5) is 18.4. The van der Waals surface area contributed by atoms with Gasteiger partial charge in [-0.15, -0.1) is 0 Å². The molecule has 3 heterocycles. The molecule has 1 saturated carbocycles. The number of fused-ring (bicyclic) bond motifs is 1. The van der Waals surface area contributed by atoms with Crippen molar-refractivity contribution in [2.75, 3.05) is 43.7 Å². The van der Waals surface area contributed by atoms with E-state index in [1.54, 1.807) is 7.11 Å². The van der Waals surface area contributed by atoms with Crippen molar-refractivity contribution < 1.29 is 9.47 Å². The first-order valence-electron chi connectivity index (χ1n) is 9.92. The van der Waals surface area contributed by atoms with Gasteiger partial charge in [-0.1, -0.05) is 26.7 Å². The largest absolute Gasteiger partial charge is 0.467 e. The Kier molecular flexibility index (Phi) is 4.67. The molecule has 0 N–H and O–H groups in total. The van der Waals surface area contributed by atoms with E-state index in [1.807, 2.05) is 0 Å². The molecular formula is C19H31N5O2. The van der Waals surface area contributed by atoms with Crippen LogP contribution in [0.2, 0.25) is 0 Å². The van der Waals surface area contributed by atoms with Crippen molar-refractivity contribution in [1.82, 2.24) is 15.0 Å². The van der Waals surface area contributed by atoms with Crippen LogP contribution < -0.4 is 14.5 Å². The van der Waals surface area contributed by atoms with E-state index in [4.69, 9.17) is 14.5 Å². The van der Waals surface area contributed by atoms with E-state index in [2.05, 4.69) is 40.7 Å². The van der Waals surface area contributed by atoms with E-state index in [0.29, 0.717) is 30.0 Å². The summed E-state index contributed by atoms with van der Waals surface area (Å²) in [6.45, 7) is 7.44. The van der Waals surface area contributed by atoms with Gasteiger partial charge in [0.15, 0.2) is 0 Å². The first kappa shape index (κ1) is 17.8. The lowest BCUT2D eigenvalue weighted by Crippen LogP contribution is -2.66. The molecule has 3 fully saturated rings. The highest BCUT2D eigenvalue weighted by atomic mass is 16.5. The molecule has 0 amide bonds. The number of anilines is 2. The van der Waals surface area contributed by atoms with Crippen LogP contribution in [0.25, 0.3) is 0 Å². The molecule has 0 radical (unpaired) electrons. The standard InChI is InChI=1S/C19H31N5O2/c1-19(2)14(13-9-12-26-15(13)19)23(3)16-20-17(22-18(21-16)25-4)24-10-7-5-6-8-11-24/h13-15H,5-12H2,1-4H3. The van der Waals surface area contributed by atoms with Gasteiger partial charge in [-0.25, -0.2) is 0 Å². The third-order valence-electron chi connectivity index (χ3n) is 6.43. The van der Waals surface area contributed by atoms with Gasteiger partial charge in [0.25, 0.3) is 0 Å². The van der Waals surface area contributed by atoms with Crippen molar-refractivity contribution in [1.29, 1.82) is 0 Å². The number of ether oxygens (including phenoxy) is 2. The minimum Gasteiger partial charge on any atom is -0.467 e. The summed E-state index contributed by atoms with van der Waals surface area (Å²) in [6.07, 6.45) is 6.41. The van der Waals surface area contributed by atoms with Crippen LogP contribution in [0.15, 0.2) is 0 Å². The Labute approximate surface area is 156 Å². The van der Waals surface area contributed by atoms with Crippen LogP contribution in [0.5, 0.6) is 6.01 Å². The molecule has 4 rings (SSSR count). The molecule has 1 aromatic rings. The molecule has 144 valence electrons. The highest BCUT2D eigenvalue weighted by Crippen LogP contribution is 2.54. The maximum Gasteiger partial charge on any atom is 0.322 e. The number of aromatic nitrogens is 3. The Morgan fingerprint density at radius 3 is 2.54 bits per heavy atom. The summed E-state index contributed by atoms with van der Waals surface area (Å²) in [5.41, 5.74) is 0.0958. The van der Waals surface area contributed by atoms with Crippen LogP contribution in [0.1, 0.15) is 46.0 Å². The van der Waals surface area contributed by atoms with Gasteiger partial charge in [0.1, 0.15) is 0 Å². The molecule has 0 spiro atoms. The van der Waals surface area contributed by atoms with E-state index in [0.717, 1.165) is 32.1 Å².